The van der Waals surface area contributed by atoms with Gasteiger partial charge in [0.1, 0.15) is 17.1 Å². The van der Waals surface area contributed by atoms with Crippen molar-refractivity contribution in [2.75, 3.05) is 0 Å². The van der Waals surface area contributed by atoms with Crippen LogP contribution in [0.4, 0.5) is 0 Å². The van der Waals surface area contributed by atoms with E-state index in [-0.39, 0.29) is 11.3 Å². The summed E-state index contributed by atoms with van der Waals surface area (Å²) in [4.78, 5) is 23.9. The third kappa shape index (κ3) is 3.76. The minimum absolute atomic E-state index is 0.153. The average molecular weight is 438 g/mol. The summed E-state index contributed by atoms with van der Waals surface area (Å²) in [7, 11) is 0. The Labute approximate surface area is 187 Å². The van der Waals surface area contributed by atoms with Gasteiger partial charge in [-0.05, 0) is 53.6 Å². The van der Waals surface area contributed by atoms with Gasteiger partial charge in [-0.3, -0.25) is 4.79 Å². The van der Waals surface area contributed by atoms with Gasteiger partial charge in [0, 0.05) is 10.9 Å². The first kappa shape index (κ1) is 20.3. The molecule has 1 amide bonds. The van der Waals surface area contributed by atoms with E-state index in [1.54, 1.807) is 43.3 Å². The molecule has 0 saturated heterocycles. The lowest BCUT2D eigenvalue weighted by Gasteiger charge is -2.05. The number of furan rings is 2. The van der Waals surface area contributed by atoms with E-state index in [0.717, 1.165) is 16.2 Å². The molecule has 7 heteroatoms. The molecule has 0 aliphatic heterocycles. The van der Waals surface area contributed by atoms with Gasteiger partial charge in [0.2, 0.25) is 0 Å². The molecule has 3 aromatic carbocycles. The lowest BCUT2D eigenvalue weighted by atomic mass is 10.0. The Balaban J connectivity index is 1.33. The van der Waals surface area contributed by atoms with Gasteiger partial charge in [0.05, 0.1) is 11.8 Å². The predicted molar refractivity (Wildman–Crippen MR) is 125 cm³/mol. The van der Waals surface area contributed by atoms with Crippen LogP contribution in [-0.2, 0) is 0 Å². The lowest BCUT2D eigenvalue weighted by Crippen LogP contribution is -2.16. The van der Waals surface area contributed by atoms with Crippen LogP contribution >= 0.6 is 0 Å². The molecule has 7 nitrogen and oxygen atoms in total. The number of nitrogens with zero attached hydrogens (tertiary/aromatic N) is 1. The summed E-state index contributed by atoms with van der Waals surface area (Å²) in [6.07, 6.45) is 1.37. The van der Waals surface area contributed by atoms with E-state index >= 15 is 0 Å². The van der Waals surface area contributed by atoms with Crippen LogP contribution < -0.4 is 5.43 Å². The molecule has 33 heavy (non-hydrogen) atoms. The van der Waals surface area contributed by atoms with Crippen LogP contribution in [0.15, 0.2) is 86.7 Å². The number of carbonyl (C=O) groups is 2. The number of hydrogen-bond donors (Lipinski definition) is 2. The molecular weight excluding hydrogens is 420 g/mol. The summed E-state index contributed by atoms with van der Waals surface area (Å²) in [6, 6.07) is 21.8. The number of carboxylic acid groups (broad SMARTS) is 1. The molecular formula is C26H18N2O5. The fourth-order valence-electron chi connectivity index (χ4n) is 3.82. The number of benzene rings is 3. The first-order chi connectivity index (χ1) is 16.0. The maximum absolute atomic E-state index is 12.5. The van der Waals surface area contributed by atoms with Gasteiger partial charge >= 0.3 is 11.9 Å². The lowest BCUT2D eigenvalue weighted by molar-refractivity contribution is 0.0696. The van der Waals surface area contributed by atoms with Crippen LogP contribution in [0.3, 0.4) is 0 Å². The van der Waals surface area contributed by atoms with Crippen molar-refractivity contribution in [2.45, 2.75) is 6.92 Å². The Morgan fingerprint density at radius 2 is 1.79 bits per heavy atom. The number of rotatable bonds is 5. The first-order valence-corrected chi connectivity index (χ1v) is 10.2. The van der Waals surface area contributed by atoms with Crippen LogP contribution in [0, 0.1) is 6.92 Å². The summed E-state index contributed by atoms with van der Waals surface area (Å²) >= 11 is 0. The molecule has 0 aliphatic carbocycles. The van der Waals surface area contributed by atoms with Crippen molar-refractivity contribution in [1.82, 2.24) is 5.43 Å². The van der Waals surface area contributed by atoms with Gasteiger partial charge in [-0.2, -0.15) is 5.10 Å². The molecule has 2 heterocycles. The summed E-state index contributed by atoms with van der Waals surface area (Å²) < 4.78 is 11.4. The van der Waals surface area contributed by atoms with Crippen LogP contribution in [0.25, 0.3) is 33.1 Å². The van der Waals surface area contributed by atoms with E-state index in [9.17, 15) is 14.7 Å². The van der Waals surface area contributed by atoms with Crippen molar-refractivity contribution < 1.29 is 23.5 Å². The zero-order valence-corrected chi connectivity index (χ0v) is 17.5. The third-order valence-electron chi connectivity index (χ3n) is 5.46. The molecule has 162 valence electrons. The number of carbonyl (C=O) groups excluding carboxylic acids is 1. The maximum Gasteiger partial charge on any atom is 0.335 e. The molecule has 0 aliphatic rings. The van der Waals surface area contributed by atoms with Crippen LogP contribution in [0.1, 0.15) is 32.2 Å². The number of hydrazone groups is 1. The molecule has 0 fully saturated rings. The Hall–Kier alpha value is -4.65. The molecule has 0 saturated carbocycles. The molecule has 5 aromatic rings. The van der Waals surface area contributed by atoms with E-state index in [2.05, 4.69) is 10.5 Å². The number of hydrogen-bond acceptors (Lipinski definition) is 5. The topological polar surface area (TPSA) is 105 Å². The van der Waals surface area contributed by atoms with Crippen molar-refractivity contribution in [3.05, 3.63) is 95.4 Å². The van der Waals surface area contributed by atoms with Crippen molar-refractivity contribution in [3.63, 3.8) is 0 Å². The highest BCUT2D eigenvalue weighted by Crippen LogP contribution is 2.29. The van der Waals surface area contributed by atoms with E-state index in [4.69, 9.17) is 8.83 Å². The minimum atomic E-state index is -0.996. The van der Waals surface area contributed by atoms with Crippen LogP contribution in [0.5, 0.6) is 0 Å². The Bertz CT molecular complexity index is 1560. The molecule has 0 atom stereocenters. The second-order valence-corrected chi connectivity index (χ2v) is 7.49. The monoisotopic (exact) mass is 438 g/mol. The highest BCUT2D eigenvalue weighted by molar-refractivity contribution is 6.08. The number of carboxylic acids is 1. The highest BCUT2D eigenvalue weighted by atomic mass is 16.4. The number of aromatic carboxylic acids is 1. The summed E-state index contributed by atoms with van der Waals surface area (Å²) in [5, 5.41) is 16.2. The number of fused-ring (bicyclic) bond motifs is 3. The van der Waals surface area contributed by atoms with Gasteiger partial charge in [0.15, 0.2) is 5.76 Å². The standard InChI is InChI=1S/C26H18N2O5/c1-15-18(7-4-8-19(15)26(30)31)22-12-10-17(32-22)14-27-28-25(29)24-13-21-20-6-3-2-5-16(20)9-11-23(21)33-24/h2-14H,1H3,(H,28,29)(H,30,31). The summed E-state index contributed by atoms with van der Waals surface area (Å²) in [5.74, 6) is -0.416. The second-order valence-electron chi connectivity index (χ2n) is 7.49. The highest BCUT2D eigenvalue weighted by Gasteiger charge is 2.15. The third-order valence-corrected chi connectivity index (χ3v) is 5.46. The fourth-order valence-corrected chi connectivity index (χ4v) is 3.82. The van der Waals surface area contributed by atoms with Gasteiger partial charge in [-0.1, -0.05) is 42.5 Å². The van der Waals surface area contributed by atoms with Gasteiger partial charge in [0.25, 0.3) is 0 Å². The number of nitrogens with one attached hydrogen (secondary N) is 1. The zero-order valence-electron chi connectivity index (χ0n) is 17.5. The minimum Gasteiger partial charge on any atom is -0.478 e. The maximum atomic E-state index is 12.5. The molecule has 0 radical (unpaired) electrons. The fraction of sp³-hybridized carbons (Fsp3) is 0.0385. The SMILES string of the molecule is Cc1c(C(=O)O)cccc1-c1ccc(C=NNC(=O)c2cc3c(ccc4ccccc43)o2)o1. The van der Waals surface area contributed by atoms with E-state index in [1.165, 1.54) is 6.21 Å². The smallest absolute Gasteiger partial charge is 0.335 e. The molecule has 5 rings (SSSR count). The van der Waals surface area contributed by atoms with Gasteiger partial charge < -0.3 is 13.9 Å². The van der Waals surface area contributed by atoms with Gasteiger partial charge in [-0.15, -0.1) is 0 Å². The Morgan fingerprint density at radius 3 is 2.64 bits per heavy atom. The van der Waals surface area contributed by atoms with Crippen molar-refractivity contribution in [3.8, 4) is 11.3 Å². The normalized spacial score (nSPS) is 11.4. The Kier molecular flexibility index (Phi) is 4.99. The van der Waals surface area contributed by atoms with E-state index in [0.29, 0.717) is 28.2 Å². The van der Waals surface area contributed by atoms with Crippen LogP contribution in [-0.4, -0.2) is 23.2 Å². The van der Waals surface area contributed by atoms with E-state index < -0.39 is 11.9 Å². The quantitative estimate of drug-likeness (QED) is 0.274. The Morgan fingerprint density at radius 1 is 0.939 bits per heavy atom. The summed E-state index contributed by atoms with van der Waals surface area (Å²) in [5.41, 5.74) is 4.55. The molecule has 2 aromatic heterocycles. The van der Waals surface area contributed by atoms with Crippen molar-refractivity contribution in [2.24, 2.45) is 5.10 Å². The average Bonchev–Trinajstić information content (AvgIpc) is 3.46. The van der Waals surface area contributed by atoms with Crippen molar-refractivity contribution in [1.29, 1.82) is 0 Å². The molecule has 0 unspecified atom stereocenters. The zero-order chi connectivity index (χ0) is 22.9. The largest absolute Gasteiger partial charge is 0.478 e. The first-order valence-electron chi connectivity index (χ1n) is 10.2. The van der Waals surface area contributed by atoms with Crippen molar-refractivity contribution >= 4 is 39.8 Å². The predicted octanol–water partition coefficient (Wildman–Crippen LogP) is 5.62. The van der Waals surface area contributed by atoms with E-state index in [1.807, 2.05) is 36.4 Å². The summed E-state index contributed by atoms with van der Waals surface area (Å²) in [6.45, 7) is 1.73. The van der Waals surface area contributed by atoms with Gasteiger partial charge in [-0.25, -0.2) is 10.2 Å². The molecule has 0 spiro atoms. The number of amides is 1. The second kappa shape index (κ2) is 8.12. The van der Waals surface area contributed by atoms with Crippen LogP contribution in [0.2, 0.25) is 0 Å². The molecule has 0 bridgehead atoms. The molecule has 2 N–H and O–H groups in total.